The van der Waals surface area contributed by atoms with Crippen LogP contribution in [0.15, 0.2) is 71.9 Å². The number of para-hydroxylation sites is 1. The zero-order chi connectivity index (χ0) is 21.1. The Balaban J connectivity index is 1.75. The molecule has 1 heterocycles. The van der Waals surface area contributed by atoms with Crippen molar-refractivity contribution in [3.05, 3.63) is 89.5 Å². The molecule has 3 aromatic carbocycles. The van der Waals surface area contributed by atoms with E-state index in [4.69, 9.17) is 4.74 Å². The van der Waals surface area contributed by atoms with Crippen molar-refractivity contribution in [2.24, 2.45) is 0 Å². The predicted molar refractivity (Wildman–Crippen MR) is 114 cm³/mol. The van der Waals surface area contributed by atoms with Crippen LogP contribution in [0.2, 0.25) is 0 Å². The molecule has 0 unspecified atom stereocenters. The van der Waals surface area contributed by atoms with Crippen molar-refractivity contribution < 1.29 is 13.5 Å². The Kier molecular flexibility index (Phi) is 5.81. The summed E-state index contributed by atoms with van der Waals surface area (Å²) in [6, 6.07) is 19.1. The van der Waals surface area contributed by atoms with Crippen molar-refractivity contribution in [3.63, 3.8) is 0 Å². The van der Waals surface area contributed by atoms with Crippen LogP contribution in [0.25, 0.3) is 17.1 Å². The summed E-state index contributed by atoms with van der Waals surface area (Å²) in [6.07, 6.45) is 0. The lowest BCUT2D eigenvalue weighted by Crippen LogP contribution is -2.02. The van der Waals surface area contributed by atoms with Crippen LogP contribution in [0.3, 0.4) is 0 Å². The quantitative estimate of drug-likeness (QED) is 0.366. The molecule has 0 fully saturated rings. The van der Waals surface area contributed by atoms with Crippen molar-refractivity contribution in [2.45, 2.75) is 17.8 Å². The molecule has 7 heteroatoms. The minimum absolute atomic E-state index is 0.304. The second-order valence-electron chi connectivity index (χ2n) is 6.68. The summed E-state index contributed by atoms with van der Waals surface area (Å²) >= 11 is 1.35. The monoisotopic (exact) mass is 423 g/mol. The first kappa shape index (κ1) is 20.1. The van der Waals surface area contributed by atoms with Crippen LogP contribution in [-0.2, 0) is 5.75 Å². The van der Waals surface area contributed by atoms with E-state index in [1.54, 1.807) is 7.11 Å². The third-order valence-electron chi connectivity index (χ3n) is 4.71. The summed E-state index contributed by atoms with van der Waals surface area (Å²) in [6.45, 7) is 2.02. The maximum atomic E-state index is 14.1. The van der Waals surface area contributed by atoms with E-state index in [0.717, 1.165) is 28.6 Å². The lowest BCUT2D eigenvalue weighted by atomic mass is 10.1. The van der Waals surface area contributed by atoms with Crippen LogP contribution in [0.5, 0.6) is 5.75 Å². The fourth-order valence-corrected chi connectivity index (χ4v) is 4.03. The highest BCUT2D eigenvalue weighted by atomic mass is 32.2. The number of hydrogen-bond acceptors (Lipinski definition) is 4. The third-order valence-corrected chi connectivity index (χ3v) is 5.69. The highest BCUT2D eigenvalue weighted by Gasteiger charge is 2.18. The van der Waals surface area contributed by atoms with E-state index in [1.807, 2.05) is 60.0 Å². The highest BCUT2D eigenvalue weighted by molar-refractivity contribution is 7.98. The number of rotatable bonds is 6. The number of ether oxygens (including phenoxy) is 1. The van der Waals surface area contributed by atoms with Gasteiger partial charge in [0.05, 0.1) is 12.8 Å². The van der Waals surface area contributed by atoms with Gasteiger partial charge in [-0.25, -0.2) is 8.78 Å². The van der Waals surface area contributed by atoms with Gasteiger partial charge in [-0.2, -0.15) is 0 Å². The van der Waals surface area contributed by atoms with Crippen molar-refractivity contribution in [2.75, 3.05) is 7.11 Å². The molecule has 1 aromatic heterocycles. The Morgan fingerprint density at radius 3 is 2.43 bits per heavy atom. The lowest BCUT2D eigenvalue weighted by molar-refractivity contribution is 0.415. The summed E-state index contributed by atoms with van der Waals surface area (Å²) in [5.41, 5.74) is 3.29. The normalized spacial score (nSPS) is 10.9. The van der Waals surface area contributed by atoms with Gasteiger partial charge in [0.1, 0.15) is 17.4 Å². The van der Waals surface area contributed by atoms with Crippen LogP contribution in [0.4, 0.5) is 8.78 Å². The van der Waals surface area contributed by atoms with E-state index in [0.29, 0.717) is 22.3 Å². The zero-order valence-electron chi connectivity index (χ0n) is 16.5. The molecule has 0 saturated carbocycles. The van der Waals surface area contributed by atoms with Crippen LogP contribution in [0, 0.1) is 18.6 Å². The molecule has 0 aliphatic rings. The summed E-state index contributed by atoms with van der Waals surface area (Å²) in [5, 5.41) is 9.39. The number of benzene rings is 3. The standard InChI is InChI=1S/C23H19F2N3OS/c1-15-5-3-4-6-21(15)28-22(16-8-11-19(29-2)12-9-16)26-27-23(28)30-14-17-7-10-18(24)13-20(17)25/h3-13H,14H2,1-2H3. The topological polar surface area (TPSA) is 39.9 Å². The van der Waals surface area contributed by atoms with E-state index in [1.165, 1.54) is 23.9 Å². The molecule has 0 amide bonds. The van der Waals surface area contributed by atoms with Crippen LogP contribution in [0.1, 0.15) is 11.1 Å². The van der Waals surface area contributed by atoms with Gasteiger partial charge in [-0.05, 0) is 54.4 Å². The van der Waals surface area contributed by atoms with Crippen molar-refractivity contribution in [3.8, 4) is 22.8 Å². The Morgan fingerprint density at radius 2 is 1.73 bits per heavy atom. The molecule has 0 saturated heterocycles. The minimum Gasteiger partial charge on any atom is -0.497 e. The maximum Gasteiger partial charge on any atom is 0.196 e. The van der Waals surface area contributed by atoms with Crippen molar-refractivity contribution in [1.82, 2.24) is 14.8 Å². The molecule has 0 aliphatic heterocycles. The van der Waals surface area contributed by atoms with Gasteiger partial charge < -0.3 is 4.74 Å². The van der Waals surface area contributed by atoms with E-state index in [9.17, 15) is 8.78 Å². The summed E-state index contributed by atoms with van der Waals surface area (Å²) in [5.74, 6) is 0.570. The van der Waals surface area contributed by atoms with Crippen LogP contribution < -0.4 is 4.74 Å². The number of aryl methyl sites for hydroxylation is 1. The molecule has 0 N–H and O–H groups in total. The van der Waals surface area contributed by atoms with Gasteiger partial charge in [0.2, 0.25) is 0 Å². The molecule has 152 valence electrons. The average Bonchev–Trinajstić information content (AvgIpc) is 3.17. The molecule has 0 aliphatic carbocycles. The number of halogens is 2. The molecule has 0 bridgehead atoms. The van der Waals surface area contributed by atoms with Crippen LogP contribution >= 0.6 is 11.8 Å². The molecule has 0 radical (unpaired) electrons. The first-order chi connectivity index (χ1) is 14.6. The van der Waals surface area contributed by atoms with E-state index in [-0.39, 0.29) is 0 Å². The highest BCUT2D eigenvalue weighted by Crippen LogP contribution is 2.32. The Bertz CT molecular complexity index is 1180. The molecular formula is C23H19F2N3OS. The average molecular weight is 423 g/mol. The third kappa shape index (κ3) is 4.07. The molecule has 0 atom stereocenters. The van der Waals surface area contributed by atoms with E-state index >= 15 is 0 Å². The van der Waals surface area contributed by atoms with Gasteiger partial charge in [0.25, 0.3) is 0 Å². The van der Waals surface area contributed by atoms with Crippen LogP contribution in [-0.4, -0.2) is 21.9 Å². The fraction of sp³-hybridized carbons (Fsp3) is 0.130. The summed E-state index contributed by atoms with van der Waals surface area (Å²) in [4.78, 5) is 0. The molecule has 0 spiro atoms. The van der Waals surface area contributed by atoms with Gasteiger partial charge >= 0.3 is 0 Å². The zero-order valence-corrected chi connectivity index (χ0v) is 17.3. The minimum atomic E-state index is -0.592. The van der Waals surface area contributed by atoms with E-state index in [2.05, 4.69) is 10.2 Å². The maximum absolute atomic E-state index is 14.1. The van der Waals surface area contributed by atoms with Gasteiger partial charge in [-0.1, -0.05) is 36.0 Å². The van der Waals surface area contributed by atoms with Gasteiger partial charge in [-0.15, -0.1) is 10.2 Å². The van der Waals surface area contributed by atoms with E-state index < -0.39 is 11.6 Å². The van der Waals surface area contributed by atoms with Crippen molar-refractivity contribution in [1.29, 1.82) is 0 Å². The smallest absolute Gasteiger partial charge is 0.196 e. The number of nitrogens with zero attached hydrogens (tertiary/aromatic N) is 3. The Labute approximate surface area is 177 Å². The second kappa shape index (κ2) is 8.67. The number of thioether (sulfide) groups is 1. The lowest BCUT2D eigenvalue weighted by Gasteiger charge is -2.13. The Hall–Kier alpha value is -3.19. The summed E-state index contributed by atoms with van der Waals surface area (Å²) < 4.78 is 34.5. The largest absolute Gasteiger partial charge is 0.497 e. The molecule has 30 heavy (non-hydrogen) atoms. The molecule has 4 rings (SSSR count). The molecular weight excluding hydrogens is 404 g/mol. The van der Waals surface area contributed by atoms with Gasteiger partial charge in [-0.3, -0.25) is 4.57 Å². The number of hydrogen-bond donors (Lipinski definition) is 0. The van der Waals surface area contributed by atoms with Gasteiger partial charge in [0, 0.05) is 17.4 Å². The first-order valence-electron chi connectivity index (χ1n) is 9.29. The van der Waals surface area contributed by atoms with Gasteiger partial charge in [0.15, 0.2) is 11.0 Å². The predicted octanol–water partition coefficient (Wildman–Crippen LogP) is 5.82. The fourth-order valence-electron chi connectivity index (χ4n) is 3.10. The Morgan fingerprint density at radius 1 is 0.967 bits per heavy atom. The van der Waals surface area contributed by atoms with Crippen molar-refractivity contribution >= 4 is 11.8 Å². The number of aromatic nitrogens is 3. The molecule has 4 aromatic rings. The summed E-state index contributed by atoms with van der Waals surface area (Å²) in [7, 11) is 1.62. The molecule has 4 nitrogen and oxygen atoms in total. The first-order valence-corrected chi connectivity index (χ1v) is 10.3. The second-order valence-corrected chi connectivity index (χ2v) is 7.62. The SMILES string of the molecule is COc1ccc(-c2nnc(SCc3ccc(F)cc3F)n2-c2ccccc2C)cc1. The number of methoxy groups -OCH3 is 1.